The van der Waals surface area contributed by atoms with Gasteiger partial charge in [0.2, 0.25) is 0 Å². The SMILES string of the molecule is Cc1ccc2nc(CC(C)N)nn2c1. The highest BCUT2D eigenvalue weighted by Crippen LogP contribution is 2.04. The minimum Gasteiger partial charge on any atom is -0.328 e. The molecule has 14 heavy (non-hydrogen) atoms. The maximum absolute atomic E-state index is 5.69. The lowest BCUT2D eigenvalue weighted by Crippen LogP contribution is -2.18. The monoisotopic (exact) mass is 190 g/mol. The van der Waals surface area contributed by atoms with Crippen molar-refractivity contribution in [3.63, 3.8) is 0 Å². The van der Waals surface area contributed by atoms with Crippen LogP contribution < -0.4 is 5.73 Å². The zero-order chi connectivity index (χ0) is 10.1. The van der Waals surface area contributed by atoms with Crippen molar-refractivity contribution in [1.82, 2.24) is 14.6 Å². The van der Waals surface area contributed by atoms with E-state index in [1.165, 1.54) is 5.56 Å². The van der Waals surface area contributed by atoms with Gasteiger partial charge in [0.05, 0.1) is 0 Å². The van der Waals surface area contributed by atoms with Crippen LogP contribution in [0.2, 0.25) is 0 Å². The summed E-state index contributed by atoms with van der Waals surface area (Å²) in [6.07, 6.45) is 2.69. The highest BCUT2D eigenvalue weighted by Gasteiger charge is 2.05. The molecule has 4 nitrogen and oxygen atoms in total. The molecule has 0 spiro atoms. The quantitative estimate of drug-likeness (QED) is 0.766. The summed E-state index contributed by atoms with van der Waals surface area (Å²) in [6.45, 7) is 3.99. The summed E-state index contributed by atoms with van der Waals surface area (Å²) in [5.41, 5.74) is 7.74. The van der Waals surface area contributed by atoms with Crippen molar-refractivity contribution in [3.8, 4) is 0 Å². The fourth-order valence-electron chi connectivity index (χ4n) is 1.41. The van der Waals surface area contributed by atoms with Crippen molar-refractivity contribution < 1.29 is 0 Å². The molecule has 1 unspecified atom stereocenters. The maximum atomic E-state index is 5.69. The van der Waals surface area contributed by atoms with Crippen molar-refractivity contribution in [3.05, 3.63) is 29.7 Å². The van der Waals surface area contributed by atoms with Crippen LogP contribution in [0.25, 0.3) is 5.65 Å². The standard InChI is InChI=1S/C10H14N4/c1-7-3-4-10-12-9(5-8(2)11)13-14(10)6-7/h3-4,6,8H,5,11H2,1-2H3. The van der Waals surface area contributed by atoms with E-state index >= 15 is 0 Å². The second-order valence-corrected chi connectivity index (χ2v) is 3.72. The third kappa shape index (κ3) is 1.75. The predicted octanol–water partition coefficient (Wildman–Crippen LogP) is 0.927. The maximum Gasteiger partial charge on any atom is 0.155 e. The van der Waals surface area contributed by atoms with Crippen LogP contribution in [0.5, 0.6) is 0 Å². The van der Waals surface area contributed by atoms with E-state index in [1.807, 2.05) is 32.2 Å². The summed E-state index contributed by atoms with van der Waals surface area (Å²) in [7, 11) is 0. The molecule has 4 heteroatoms. The van der Waals surface area contributed by atoms with Gasteiger partial charge in [-0.2, -0.15) is 5.10 Å². The number of aromatic nitrogens is 3. The van der Waals surface area contributed by atoms with Crippen LogP contribution in [0.4, 0.5) is 0 Å². The molecule has 0 radical (unpaired) electrons. The smallest absolute Gasteiger partial charge is 0.155 e. The van der Waals surface area contributed by atoms with Gasteiger partial charge >= 0.3 is 0 Å². The summed E-state index contributed by atoms with van der Waals surface area (Å²) in [6, 6.07) is 4.10. The summed E-state index contributed by atoms with van der Waals surface area (Å²) in [5, 5.41) is 4.34. The topological polar surface area (TPSA) is 56.2 Å². The molecule has 0 fully saturated rings. The first-order valence-corrected chi connectivity index (χ1v) is 4.72. The molecule has 1 atom stereocenters. The van der Waals surface area contributed by atoms with Crippen molar-refractivity contribution in [2.24, 2.45) is 5.73 Å². The molecule has 0 aromatic carbocycles. The minimum atomic E-state index is 0.105. The number of hydrogen-bond donors (Lipinski definition) is 1. The first-order valence-electron chi connectivity index (χ1n) is 4.72. The fourth-order valence-corrected chi connectivity index (χ4v) is 1.41. The highest BCUT2D eigenvalue weighted by atomic mass is 15.3. The number of nitrogens with zero attached hydrogens (tertiary/aromatic N) is 3. The molecular formula is C10H14N4. The van der Waals surface area contributed by atoms with E-state index in [9.17, 15) is 0 Å². The summed E-state index contributed by atoms with van der Waals surface area (Å²) in [4.78, 5) is 4.37. The number of rotatable bonds is 2. The highest BCUT2D eigenvalue weighted by molar-refractivity contribution is 5.38. The van der Waals surface area contributed by atoms with Crippen molar-refractivity contribution in [2.75, 3.05) is 0 Å². The van der Waals surface area contributed by atoms with Crippen molar-refractivity contribution in [1.29, 1.82) is 0 Å². The van der Waals surface area contributed by atoms with Gasteiger partial charge in [0.15, 0.2) is 11.5 Å². The van der Waals surface area contributed by atoms with E-state index in [-0.39, 0.29) is 6.04 Å². The molecule has 2 rings (SSSR count). The number of aryl methyl sites for hydroxylation is 1. The number of fused-ring (bicyclic) bond motifs is 1. The molecule has 2 aromatic rings. The average Bonchev–Trinajstić information content (AvgIpc) is 2.44. The molecular weight excluding hydrogens is 176 g/mol. The Morgan fingerprint density at radius 2 is 2.29 bits per heavy atom. The zero-order valence-corrected chi connectivity index (χ0v) is 8.44. The first-order chi connectivity index (χ1) is 6.65. The number of pyridine rings is 1. The second kappa shape index (κ2) is 3.38. The molecule has 0 bridgehead atoms. The van der Waals surface area contributed by atoms with E-state index in [0.29, 0.717) is 0 Å². The van der Waals surface area contributed by atoms with Crippen LogP contribution >= 0.6 is 0 Å². The Kier molecular flexibility index (Phi) is 2.21. The average molecular weight is 190 g/mol. The molecule has 0 saturated carbocycles. The van der Waals surface area contributed by atoms with Crippen LogP contribution in [0.15, 0.2) is 18.3 Å². The van der Waals surface area contributed by atoms with E-state index in [1.54, 1.807) is 4.52 Å². The van der Waals surface area contributed by atoms with Gasteiger partial charge in [-0.15, -0.1) is 0 Å². The Balaban J connectivity index is 2.41. The molecule has 0 aliphatic heterocycles. The van der Waals surface area contributed by atoms with Gasteiger partial charge in [-0.1, -0.05) is 6.07 Å². The van der Waals surface area contributed by atoms with Crippen LogP contribution in [0.1, 0.15) is 18.3 Å². The molecule has 2 aromatic heterocycles. The van der Waals surface area contributed by atoms with Gasteiger partial charge in [0, 0.05) is 18.7 Å². The second-order valence-electron chi connectivity index (χ2n) is 3.72. The van der Waals surface area contributed by atoms with Gasteiger partial charge in [0.25, 0.3) is 0 Å². The summed E-state index contributed by atoms with van der Waals surface area (Å²) >= 11 is 0. The first kappa shape index (κ1) is 9.15. The van der Waals surface area contributed by atoms with Gasteiger partial charge in [0.1, 0.15) is 0 Å². The molecule has 0 saturated heterocycles. The Morgan fingerprint density at radius 3 is 3.00 bits per heavy atom. The van der Waals surface area contributed by atoms with E-state index in [2.05, 4.69) is 10.1 Å². The third-order valence-electron chi connectivity index (χ3n) is 2.03. The van der Waals surface area contributed by atoms with Crippen LogP contribution in [-0.4, -0.2) is 20.6 Å². The lowest BCUT2D eigenvalue weighted by molar-refractivity contribution is 0.699. The van der Waals surface area contributed by atoms with Gasteiger partial charge in [-0.25, -0.2) is 9.50 Å². The molecule has 0 aliphatic rings. The van der Waals surface area contributed by atoms with Crippen LogP contribution in [0.3, 0.4) is 0 Å². The number of nitrogens with two attached hydrogens (primary N) is 1. The van der Waals surface area contributed by atoms with Gasteiger partial charge < -0.3 is 5.73 Å². The summed E-state index contributed by atoms with van der Waals surface area (Å²) < 4.78 is 1.80. The molecule has 0 amide bonds. The Morgan fingerprint density at radius 1 is 1.50 bits per heavy atom. The van der Waals surface area contributed by atoms with Crippen LogP contribution in [-0.2, 0) is 6.42 Å². The van der Waals surface area contributed by atoms with E-state index in [4.69, 9.17) is 5.73 Å². The molecule has 0 aliphatic carbocycles. The Hall–Kier alpha value is -1.42. The Bertz CT molecular complexity index is 444. The normalized spacial score (nSPS) is 13.4. The number of hydrogen-bond acceptors (Lipinski definition) is 3. The van der Waals surface area contributed by atoms with E-state index in [0.717, 1.165) is 17.9 Å². The molecule has 2 heterocycles. The molecule has 74 valence electrons. The largest absolute Gasteiger partial charge is 0.328 e. The fraction of sp³-hybridized carbons (Fsp3) is 0.400. The lowest BCUT2D eigenvalue weighted by Gasteiger charge is -1.97. The Labute approximate surface area is 82.8 Å². The van der Waals surface area contributed by atoms with Crippen molar-refractivity contribution >= 4 is 5.65 Å². The zero-order valence-electron chi connectivity index (χ0n) is 8.44. The third-order valence-corrected chi connectivity index (χ3v) is 2.03. The molecule has 2 N–H and O–H groups in total. The predicted molar refractivity (Wildman–Crippen MR) is 55.1 cm³/mol. The van der Waals surface area contributed by atoms with E-state index < -0.39 is 0 Å². The minimum absolute atomic E-state index is 0.105. The lowest BCUT2D eigenvalue weighted by atomic mass is 10.2. The van der Waals surface area contributed by atoms with Gasteiger partial charge in [-0.05, 0) is 25.5 Å². The van der Waals surface area contributed by atoms with Gasteiger partial charge in [-0.3, -0.25) is 0 Å². The summed E-state index contributed by atoms with van der Waals surface area (Å²) in [5.74, 6) is 0.811. The van der Waals surface area contributed by atoms with Crippen LogP contribution in [0, 0.1) is 6.92 Å². The van der Waals surface area contributed by atoms with Crippen molar-refractivity contribution in [2.45, 2.75) is 26.3 Å².